The largest absolute Gasteiger partial charge is 0.462 e. The third kappa shape index (κ3) is 5.06. The molecular formula is C20H22ClFN4O2S. The average molecular weight is 437 g/mol. The number of hydrogen-bond donors (Lipinski definition) is 1. The maximum Gasteiger partial charge on any atom is 0.348 e. The van der Waals surface area contributed by atoms with E-state index in [9.17, 15) is 14.4 Å². The molecule has 2 N–H and O–H groups in total. The molecule has 3 rings (SSSR count). The normalized spacial score (nSPS) is 15.2. The number of nitrogens with two attached hydrogens (primary N) is 1. The maximum atomic E-state index is 13.2. The summed E-state index contributed by atoms with van der Waals surface area (Å²) in [6.45, 7) is 6.25. The van der Waals surface area contributed by atoms with E-state index in [0.717, 1.165) is 43.1 Å². The Bertz CT molecular complexity index is 935. The Morgan fingerprint density at radius 2 is 1.97 bits per heavy atom. The number of hydrogen-bond acceptors (Lipinski definition) is 7. The Balaban J connectivity index is 1.65. The second kappa shape index (κ2) is 9.55. The first-order valence-corrected chi connectivity index (χ1v) is 10.5. The number of carbonyl (C=O) groups excluding carboxylic acids is 1. The monoisotopic (exact) mass is 436 g/mol. The Morgan fingerprint density at radius 1 is 1.31 bits per heavy atom. The smallest absolute Gasteiger partial charge is 0.348 e. The molecule has 2 heterocycles. The van der Waals surface area contributed by atoms with Crippen LogP contribution in [0.25, 0.3) is 0 Å². The minimum absolute atomic E-state index is 0.266. The molecule has 0 unspecified atom stereocenters. The molecule has 9 heteroatoms. The molecule has 0 atom stereocenters. The number of nitrogens with zero attached hydrogens (tertiary/aromatic N) is 3. The van der Waals surface area contributed by atoms with Crippen LogP contribution in [0.3, 0.4) is 0 Å². The van der Waals surface area contributed by atoms with Crippen molar-refractivity contribution in [3.8, 4) is 6.07 Å². The lowest BCUT2D eigenvalue weighted by atomic mass is 10.1. The van der Waals surface area contributed by atoms with E-state index >= 15 is 0 Å². The first kappa shape index (κ1) is 21.5. The van der Waals surface area contributed by atoms with Gasteiger partial charge in [0.2, 0.25) is 0 Å². The van der Waals surface area contributed by atoms with Crippen molar-refractivity contribution in [3.63, 3.8) is 0 Å². The van der Waals surface area contributed by atoms with Crippen molar-refractivity contribution in [2.75, 3.05) is 38.5 Å². The number of esters is 1. The highest BCUT2D eigenvalue weighted by Crippen LogP contribution is 2.32. The summed E-state index contributed by atoms with van der Waals surface area (Å²) in [6.07, 6.45) is 0. The highest BCUT2D eigenvalue weighted by atomic mass is 35.5. The third-order valence-corrected chi connectivity index (χ3v) is 6.26. The van der Waals surface area contributed by atoms with E-state index in [1.54, 1.807) is 13.0 Å². The van der Waals surface area contributed by atoms with Crippen molar-refractivity contribution in [1.82, 2.24) is 9.80 Å². The van der Waals surface area contributed by atoms with Gasteiger partial charge in [0, 0.05) is 49.9 Å². The van der Waals surface area contributed by atoms with E-state index in [1.165, 1.54) is 12.1 Å². The quantitative estimate of drug-likeness (QED) is 0.698. The van der Waals surface area contributed by atoms with Crippen LogP contribution in [0.15, 0.2) is 18.2 Å². The molecule has 1 aromatic carbocycles. The van der Waals surface area contributed by atoms with Gasteiger partial charge in [-0.25, -0.2) is 9.18 Å². The standard InChI is InChI=1S/C20H22ClFN4O2S/c1-2-28-20(27)18-16(15(10-23)19(24)29-18)12-26-7-5-25(6-8-26)11-13-3-4-14(22)9-17(13)21/h3-4,9H,2,5-8,11-12,24H2,1H3. The molecular weight excluding hydrogens is 415 g/mol. The zero-order valence-electron chi connectivity index (χ0n) is 16.1. The number of nitrogen functional groups attached to an aromatic ring is 1. The van der Waals surface area contributed by atoms with Gasteiger partial charge in [-0.2, -0.15) is 5.26 Å². The van der Waals surface area contributed by atoms with Crippen LogP contribution in [-0.4, -0.2) is 48.6 Å². The minimum atomic E-state index is -0.440. The predicted molar refractivity (Wildman–Crippen MR) is 111 cm³/mol. The second-order valence-electron chi connectivity index (χ2n) is 6.77. The lowest BCUT2D eigenvalue weighted by Gasteiger charge is -2.35. The van der Waals surface area contributed by atoms with Crippen molar-refractivity contribution >= 4 is 33.9 Å². The Kier molecular flexibility index (Phi) is 7.09. The number of piperazine rings is 1. The topological polar surface area (TPSA) is 82.6 Å². The number of ether oxygens (including phenoxy) is 1. The second-order valence-corrected chi connectivity index (χ2v) is 8.23. The summed E-state index contributed by atoms with van der Waals surface area (Å²) < 4.78 is 18.3. The summed E-state index contributed by atoms with van der Waals surface area (Å²) in [5.41, 5.74) is 7.84. The summed E-state index contributed by atoms with van der Waals surface area (Å²) in [5.74, 6) is -0.783. The molecule has 154 valence electrons. The van der Waals surface area contributed by atoms with Gasteiger partial charge in [-0.3, -0.25) is 9.80 Å². The Labute approximate surface area is 178 Å². The van der Waals surface area contributed by atoms with Gasteiger partial charge in [0.25, 0.3) is 0 Å². The molecule has 0 amide bonds. The number of anilines is 1. The van der Waals surface area contributed by atoms with E-state index in [-0.39, 0.29) is 12.4 Å². The Morgan fingerprint density at radius 3 is 2.55 bits per heavy atom. The van der Waals surface area contributed by atoms with Gasteiger partial charge in [-0.05, 0) is 24.6 Å². The number of nitriles is 1. The van der Waals surface area contributed by atoms with Crippen LogP contribution in [0.1, 0.15) is 33.3 Å². The Hall–Kier alpha value is -2.18. The van der Waals surface area contributed by atoms with Crippen LogP contribution in [0.2, 0.25) is 5.02 Å². The highest BCUT2D eigenvalue weighted by Gasteiger charge is 2.26. The van der Waals surface area contributed by atoms with Crippen molar-refractivity contribution in [2.45, 2.75) is 20.0 Å². The molecule has 6 nitrogen and oxygen atoms in total. The number of rotatable bonds is 6. The van der Waals surface area contributed by atoms with Gasteiger partial charge in [-0.15, -0.1) is 11.3 Å². The molecule has 1 aromatic heterocycles. The van der Waals surface area contributed by atoms with Crippen molar-refractivity contribution in [2.24, 2.45) is 0 Å². The molecule has 1 fully saturated rings. The summed E-state index contributed by atoms with van der Waals surface area (Å²) in [5, 5.41) is 10.2. The summed E-state index contributed by atoms with van der Waals surface area (Å²) in [4.78, 5) is 17.1. The van der Waals surface area contributed by atoms with Crippen LogP contribution in [0.4, 0.5) is 9.39 Å². The van der Waals surface area contributed by atoms with E-state index in [0.29, 0.717) is 39.1 Å². The molecule has 0 spiro atoms. The fraction of sp³-hybridized carbons (Fsp3) is 0.400. The molecule has 0 bridgehead atoms. The third-order valence-electron chi connectivity index (χ3n) is 4.86. The van der Waals surface area contributed by atoms with Crippen molar-refractivity contribution < 1.29 is 13.9 Å². The average Bonchev–Trinajstić information content (AvgIpc) is 3.01. The number of benzene rings is 1. The van der Waals surface area contributed by atoms with Gasteiger partial charge in [0.05, 0.1) is 12.2 Å². The first-order valence-electron chi connectivity index (χ1n) is 9.30. The van der Waals surface area contributed by atoms with E-state index in [4.69, 9.17) is 22.1 Å². The SMILES string of the molecule is CCOC(=O)c1sc(N)c(C#N)c1CN1CCN(Cc2ccc(F)cc2Cl)CC1. The van der Waals surface area contributed by atoms with Gasteiger partial charge in [0.15, 0.2) is 0 Å². The molecule has 0 radical (unpaired) electrons. The zero-order chi connectivity index (χ0) is 21.0. The van der Waals surface area contributed by atoms with Crippen molar-refractivity contribution in [1.29, 1.82) is 5.26 Å². The van der Waals surface area contributed by atoms with Crippen LogP contribution in [0, 0.1) is 17.1 Å². The summed E-state index contributed by atoms with van der Waals surface area (Å²) >= 11 is 7.24. The molecule has 29 heavy (non-hydrogen) atoms. The molecule has 0 saturated carbocycles. The summed E-state index contributed by atoms with van der Waals surface area (Å²) in [6, 6.07) is 6.57. The maximum absolute atomic E-state index is 13.2. The van der Waals surface area contributed by atoms with Gasteiger partial charge >= 0.3 is 5.97 Å². The van der Waals surface area contributed by atoms with Crippen LogP contribution < -0.4 is 5.73 Å². The van der Waals surface area contributed by atoms with Crippen LogP contribution in [0.5, 0.6) is 0 Å². The molecule has 1 aliphatic heterocycles. The van der Waals surface area contributed by atoms with E-state index < -0.39 is 5.97 Å². The number of thiophene rings is 1. The van der Waals surface area contributed by atoms with Crippen LogP contribution >= 0.6 is 22.9 Å². The fourth-order valence-corrected chi connectivity index (χ4v) is 4.49. The van der Waals surface area contributed by atoms with Gasteiger partial charge in [-0.1, -0.05) is 17.7 Å². The van der Waals surface area contributed by atoms with Gasteiger partial charge in [0.1, 0.15) is 21.8 Å². The number of carbonyl (C=O) groups is 1. The minimum Gasteiger partial charge on any atom is -0.462 e. The molecule has 1 saturated heterocycles. The summed E-state index contributed by atoms with van der Waals surface area (Å²) in [7, 11) is 0. The fourth-order valence-electron chi connectivity index (χ4n) is 3.34. The van der Waals surface area contributed by atoms with E-state index in [2.05, 4.69) is 15.9 Å². The molecule has 1 aliphatic rings. The lowest BCUT2D eigenvalue weighted by molar-refractivity contribution is 0.0528. The van der Waals surface area contributed by atoms with Crippen LogP contribution in [-0.2, 0) is 17.8 Å². The van der Waals surface area contributed by atoms with E-state index in [1.807, 2.05) is 0 Å². The zero-order valence-corrected chi connectivity index (χ0v) is 17.7. The number of halogens is 2. The molecule has 2 aromatic rings. The highest BCUT2D eigenvalue weighted by molar-refractivity contribution is 7.18. The lowest BCUT2D eigenvalue weighted by Crippen LogP contribution is -2.45. The first-order chi connectivity index (χ1) is 13.9. The predicted octanol–water partition coefficient (Wildman–Crippen LogP) is 3.49. The van der Waals surface area contributed by atoms with Gasteiger partial charge < -0.3 is 10.5 Å². The van der Waals surface area contributed by atoms with Crippen molar-refractivity contribution in [3.05, 3.63) is 50.6 Å². The molecule has 0 aliphatic carbocycles.